The van der Waals surface area contributed by atoms with E-state index in [4.69, 9.17) is 9.47 Å². The largest absolute Gasteiger partial charge is 0.491 e. The van der Waals surface area contributed by atoms with Gasteiger partial charge in [0, 0.05) is 6.20 Å². The van der Waals surface area contributed by atoms with E-state index < -0.39 is 0 Å². The van der Waals surface area contributed by atoms with E-state index in [1.54, 1.807) is 6.20 Å². The van der Waals surface area contributed by atoms with Gasteiger partial charge in [-0.25, -0.2) is 0 Å². The van der Waals surface area contributed by atoms with Gasteiger partial charge in [-0.15, -0.1) is 0 Å². The van der Waals surface area contributed by atoms with Crippen LogP contribution < -0.4 is 9.47 Å². The molecule has 0 spiro atoms. The summed E-state index contributed by atoms with van der Waals surface area (Å²) < 4.78 is 10.6. The smallest absolute Gasteiger partial charge is 0.179 e. The lowest BCUT2D eigenvalue weighted by atomic mass is 10.2. The molecule has 0 amide bonds. The summed E-state index contributed by atoms with van der Waals surface area (Å²) in [5, 5.41) is 0. The first kappa shape index (κ1) is 8.99. The third-order valence-corrected chi connectivity index (χ3v) is 2.05. The number of ether oxygens (including phenoxy) is 2. The van der Waals surface area contributed by atoms with E-state index in [0.717, 1.165) is 19.1 Å². The Hall–Kier alpha value is -1.58. The van der Waals surface area contributed by atoms with E-state index in [1.807, 2.05) is 0 Å². The Morgan fingerprint density at radius 2 is 2.29 bits per heavy atom. The second-order valence-electron chi connectivity index (χ2n) is 3.20. The molecule has 0 saturated heterocycles. The van der Waals surface area contributed by atoms with Crippen molar-refractivity contribution < 1.29 is 14.3 Å². The summed E-state index contributed by atoms with van der Waals surface area (Å²) >= 11 is 0. The van der Waals surface area contributed by atoms with Crippen LogP contribution in [-0.2, 0) is 0 Å². The van der Waals surface area contributed by atoms with Crippen molar-refractivity contribution >= 4 is 6.29 Å². The minimum Gasteiger partial charge on any atom is -0.491 e. The van der Waals surface area contributed by atoms with Gasteiger partial charge in [-0.3, -0.25) is 9.78 Å². The van der Waals surface area contributed by atoms with Gasteiger partial charge in [0.25, 0.3) is 0 Å². The van der Waals surface area contributed by atoms with Crippen molar-refractivity contribution in [3.63, 3.8) is 0 Å². The lowest BCUT2D eigenvalue weighted by molar-refractivity contribution is 0.111. The van der Waals surface area contributed by atoms with Crippen molar-refractivity contribution in [2.45, 2.75) is 18.9 Å². The maximum absolute atomic E-state index is 10.7. The van der Waals surface area contributed by atoms with Gasteiger partial charge in [-0.1, -0.05) is 0 Å². The standard InChI is InChI=1S/C10H11NO3/c1-13-9-5-11-4-7(6-12)10(9)14-8-2-3-8/h4-6,8H,2-3H2,1H3. The van der Waals surface area contributed by atoms with Crippen LogP contribution in [0.2, 0.25) is 0 Å². The SMILES string of the molecule is COc1cncc(C=O)c1OC1CC1. The zero-order valence-electron chi connectivity index (χ0n) is 7.90. The number of carbonyl (C=O) groups is 1. The molecule has 1 aromatic rings. The Balaban J connectivity index is 2.33. The van der Waals surface area contributed by atoms with Crippen molar-refractivity contribution in [3.8, 4) is 11.5 Å². The molecule has 0 aliphatic heterocycles. The van der Waals surface area contributed by atoms with Crippen molar-refractivity contribution in [2.75, 3.05) is 7.11 Å². The molecular weight excluding hydrogens is 182 g/mol. The third kappa shape index (κ3) is 1.69. The molecule has 1 heterocycles. The highest BCUT2D eigenvalue weighted by Gasteiger charge is 2.26. The van der Waals surface area contributed by atoms with Crippen LogP contribution in [0.3, 0.4) is 0 Å². The summed E-state index contributed by atoms with van der Waals surface area (Å²) in [6, 6.07) is 0. The lowest BCUT2D eigenvalue weighted by Gasteiger charge is -2.10. The van der Waals surface area contributed by atoms with E-state index in [1.165, 1.54) is 13.3 Å². The van der Waals surface area contributed by atoms with Crippen LogP contribution in [0.5, 0.6) is 11.5 Å². The average molecular weight is 193 g/mol. The van der Waals surface area contributed by atoms with E-state index in [9.17, 15) is 4.79 Å². The van der Waals surface area contributed by atoms with Crippen LogP contribution in [0.1, 0.15) is 23.2 Å². The highest BCUT2D eigenvalue weighted by molar-refractivity contribution is 5.80. The number of methoxy groups -OCH3 is 1. The van der Waals surface area contributed by atoms with Crippen LogP contribution in [-0.4, -0.2) is 24.5 Å². The summed E-state index contributed by atoms with van der Waals surface area (Å²) in [7, 11) is 1.53. The van der Waals surface area contributed by atoms with E-state index >= 15 is 0 Å². The normalized spacial score (nSPS) is 14.9. The minimum atomic E-state index is 0.241. The fraction of sp³-hybridized carbons (Fsp3) is 0.400. The molecule has 4 heteroatoms. The van der Waals surface area contributed by atoms with Gasteiger partial charge in [0.15, 0.2) is 17.8 Å². The number of nitrogens with zero attached hydrogens (tertiary/aromatic N) is 1. The number of aromatic nitrogens is 1. The molecule has 1 aromatic heterocycles. The Morgan fingerprint density at radius 1 is 1.50 bits per heavy atom. The molecule has 0 atom stereocenters. The first-order valence-corrected chi connectivity index (χ1v) is 4.49. The minimum absolute atomic E-state index is 0.241. The lowest BCUT2D eigenvalue weighted by Crippen LogP contribution is -2.02. The average Bonchev–Trinajstić information content (AvgIpc) is 3.02. The Bertz CT molecular complexity index is 347. The number of aldehydes is 1. The summed E-state index contributed by atoms with van der Waals surface area (Å²) in [6.45, 7) is 0. The number of pyridine rings is 1. The predicted octanol–water partition coefficient (Wildman–Crippen LogP) is 1.44. The molecule has 0 N–H and O–H groups in total. The highest BCUT2D eigenvalue weighted by Crippen LogP contribution is 2.34. The second kappa shape index (κ2) is 3.65. The molecular formula is C10H11NO3. The number of rotatable bonds is 4. The van der Waals surface area contributed by atoms with E-state index in [-0.39, 0.29) is 6.10 Å². The first-order chi connectivity index (χ1) is 6.85. The van der Waals surface area contributed by atoms with Crippen molar-refractivity contribution in [2.24, 2.45) is 0 Å². The summed E-state index contributed by atoms with van der Waals surface area (Å²) in [6.07, 6.45) is 6.09. The van der Waals surface area contributed by atoms with Gasteiger partial charge < -0.3 is 9.47 Å². The topological polar surface area (TPSA) is 48.4 Å². The van der Waals surface area contributed by atoms with Crippen LogP contribution >= 0.6 is 0 Å². The van der Waals surface area contributed by atoms with Crippen LogP contribution in [0.4, 0.5) is 0 Å². The molecule has 0 bridgehead atoms. The Morgan fingerprint density at radius 3 is 2.86 bits per heavy atom. The fourth-order valence-corrected chi connectivity index (χ4v) is 1.15. The summed E-state index contributed by atoms with van der Waals surface area (Å²) in [4.78, 5) is 14.6. The molecule has 4 nitrogen and oxygen atoms in total. The summed E-state index contributed by atoms with van der Waals surface area (Å²) in [5.74, 6) is 1.03. The molecule has 2 rings (SSSR count). The molecule has 74 valence electrons. The van der Waals surface area contributed by atoms with Crippen LogP contribution in [0.15, 0.2) is 12.4 Å². The van der Waals surface area contributed by atoms with Gasteiger partial charge >= 0.3 is 0 Å². The number of carbonyl (C=O) groups excluding carboxylic acids is 1. The Kier molecular flexibility index (Phi) is 2.35. The quantitative estimate of drug-likeness (QED) is 0.679. The van der Waals surface area contributed by atoms with E-state index in [2.05, 4.69) is 4.98 Å². The highest BCUT2D eigenvalue weighted by atomic mass is 16.5. The second-order valence-corrected chi connectivity index (χ2v) is 3.20. The van der Waals surface area contributed by atoms with Gasteiger partial charge in [0.1, 0.15) is 0 Å². The number of hydrogen-bond donors (Lipinski definition) is 0. The zero-order chi connectivity index (χ0) is 9.97. The van der Waals surface area contributed by atoms with Gasteiger partial charge in [0.2, 0.25) is 0 Å². The third-order valence-electron chi connectivity index (χ3n) is 2.05. The monoisotopic (exact) mass is 193 g/mol. The van der Waals surface area contributed by atoms with Gasteiger partial charge in [-0.05, 0) is 12.8 Å². The molecule has 0 aromatic carbocycles. The Labute approximate surface area is 81.9 Å². The molecule has 0 radical (unpaired) electrons. The predicted molar refractivity (Wildman–Crippen MR) is 49.8 cm³/mol. The molecule has 1 aliphatic carbocycles. The number of hydrogen-bond acceptors (Lipinski definition) is 4. The maximum Gasteiger partial charge on any atom is 0.179 e. The van der Waals surface area contributed by atoms with Crippen LogP contribution in [0, 0.1) is 0 Å². The van der Waals surface area contributed by atoms with Gasteiger partial charge in [-0.2, -0.15) is 0 Å². The fourth-order valence-electron chi connectivity index (χ4n) is 1.15. The van der Waals surface area contributed by atoms with E-state index in [0.29, 0.717) is 17.1 Å². The molecule has 1 saturated carbocycles. The molecule has 14 heavy (non-hydrogen) atoms. The first-order valence-electron chi connectivity index (χ1n) is 4.49. The summed E-state index contributed by atoms with van der Waals surface area (Å²) in [5.41, 5.74) is 0.441. The van der Waals surface area contributed by atoms with Crippen LogP contribution in [0.25, 0.3) is 0 Å². The zero-order valence-corrected chi connectivity index (χ0v) is 7.90. The van der Waals surface area contributed by atoms with Gasteiger partial charge in [0.05, 0.1) is 25.0 Å². The van der Waals surface area contributed by atoms with Crippen molar-refractivity contribution in [1.82, 2.24) is 4.98 Å². The molecule has 0 unspecified atom stereocenters. The van der Waals surface area contributed by atoms with Crippen molar-refractivity contribution in [1.29, 1.82) is 0 Å². The molecule has 1 aliphatic rings. The molecule has 1 fully saturated rings. The maximum atomic E-state index is 10.7. The van der Waals surface area contributed by atoms with Crippen molar-refractivity contribution in [3.05, 3.63) is 18.0 Å².